The topological polar surface area (TPSA) is 43.4 Å². The van der Waals surface area contributed by atoms with Gasteiger partial charge >= 0.3 is 5.97 Å². The Hall–Kier alpha value is -1.12. The van der Waals surface area contributed by atoms with Crippen molar-refractivity contribution >= 4 is 11.8 Å². The first-order chi connectivity index (χ1) is 4.68. The van der Waals surface area contributed by atoms with Crippen LogP contribution in [0.1, 0.15) is 13.8 Å². The zero-order valence-electron chi connectivity index (χ0n) is 6.09. The summed E-state index contributed by atoms with van der Waals surface area (Å²) in [5.41, 5.74) is 0. The molecule has 10 heavy (non-hydrogen) atoms. The number of ether oxygens (including phenoxy) is 1. The average molecular weight is 142 g/mol. The number of Topliss-reactive ketones (excluding diaryl/α,β-unsaturated/α-hetero) is 1. The third-order valence-electron chi connectivity index (χ3n) is 0.834. The van der Waals surface area contributed by atoms with Crippen LogP contribution in [0.3, 0.4) is 0 Å². The predicted octanol–water partition coefficient (Wildman–Crippen LogP) is 0.695. The van der Waals surface area contributed by atoms with Crippen LogP contribution in [-0.4, -0.2) is 18.4 Å². The van der Waals surface area contributed by atoms with E-state index in [0.717, 1.165) is 0 Å². The zero-order valence-corrected chi connectivity index (χ0v) is 6.09. The highest BCUT2D eigenvalue weighted by Gasteiger charge is 2.05. The minimum atomic E-state index is -0.780. The summed E-state index contributed by atoms with van der Waals surface area (Å²) in [4.78, 5) is 20.7. The van der Waals surface area contributed by atoms with Gasteiger partial charge in [0.05, 0.1) is 0 Å². The molecule has 0 saturated carbocycles. The summed E-state index contributed by atoms with van der Waals surface area (Å²) in [5.74, 6) is -1.34. The second-order valence-electron chi connectivity index (χ2n) is 1.72. The van der Waals surface area contributed by atoms with Crippen LogP contribution in [0.4, 0.5) is 0 Å². The first-order valence-corrected chi connectivity index (χ1v) is 2.97. The molecule has 0 atom stereocenters. The highest BCUT2D eigenvalue weighted by atomic mass is 16.5. The van der Waals surface area contributed by atoms with Crippen LogP contribution >= 0.6 is 0 Å². The van der Waals surface area contributed by atoms with Crippen molar-refractivity contribution in [1.29, 1.82) is 0 Å². The van der Waals surface area contributed by atoms with Crippen LogP contribution in [0.2, 0.25) is 0 Å². The van der Waals surface area contributed by atoms with Crippen molar-refractivity contribution in [1.82, 2.24) is 0 Å². The van der Waals surface area contributed by atoms with Crippen LogP contribution in [0, 0.1) is 0 Å². The number of hydrogen-bond acceptors (Lipinski definition) is 3. The molecule has 0 fully saturated rings. The largest absolute Gasteiger partial charge is 0.456 e. The number of carbonyl (C=O) groups is 2. The minimum Gasteiger partial charge on any atom is -0.456 e. The fraction of sp³-hybridized carbons (Fsp3) is 0.429. The third-order valence-corrected chi connectivity index (χ3v) is 0.834. The van der Waals surface area contributed by atoms with Crippen molar-refractivity contribution in [2.45, 2.75) is 13.8 Å². The van der Waals surface area contributed by atoms with Crippen LogP contribution in [0.25, 0.3) is 0 Å². The van der Waals surface area contributed by atoms with Gasteiger partial charge in [-0.3, -0.25) is 4.79 Å². The van der Waals surface area contributed by atoms with Gasteiger partial charge in [-0.15, -0.1) is 0 Å². The Balaban J connectivity index is 3.50. The molecule has 0 unspecified atom stereocenters. The second kappa shape index (κ2) is 4.73. The van der Waals surface area contributed by atoms with E-state index in [2.05, 4.69) is 4.74 Å². The molecule has 0 rings (SSSR count). The number of hydrogen-bond donors (Lipinski definition) is 0. The van der Waals surface area contributed by atoms with E-state index in [4.69, 9.17) is 0 Å². The van der Waals surface area contributed by atoms with E-state index in [1.165, 1.54) is 6.92 Å². The summed E-state index contributed by atoms with van der Waals surface area (Å²) in [7, 11) is 0. The molecule has 0 N–H and O–H groups in total. The Morgan fingerprint density at radius 3 is 2.50 bits per heavy atom. The molecule has 0 aliphatic rings. The SMILES string of the molecule is CC=CCOC(=O)C(C)=O. The molecule has 0 aliphatic carbocycles. The average Bonchev–Trinajstić information content (AvgIpc) is 1.88. The summed E-state index contributed by atoms with van der Waals surface area (Å²) >= 11 is 0. The summed E-state index contributed by atoms with van der Waals surface area (Å²) < 4.78 is 4.47. The molecular formula is C7H10O3. The Labute approximate surface area is 59.7 Å². The molecule has 0 aliphatic heterocycles. The molecule has 3 nitrogen and oxygen atoms in total. The van der Waals surface area contributed by atoms with Crippen molar-refractivity contribution < 1.29 is 14.3 Å². The van der Waals surface area contributed by atoms with Crippen molar-refractivity contribution in [3.05, 3.63) is 12.2 Å². The molecule has 0 aromatic heterocycles. The molecule has 0 saturated heterocycles. The fourth-order valence-corrected chi connectivity index (χ4v) is 0.322. The maximum absolute atomic E-state index is 10.4. The molecular weight excluding hydrogens is 132 g/mol. The van der Waals surface area contributed by atoms with Gasteiger partial charge in [-0.2, -0.15) is 0 Å². The first-order valence-electron chi connectivity index (χ1n) is 2.97. The molecule has 0 spiro atoms. The lowest BCUT2D eigenvalue weighted by atomic mass is 10.5. The Bertz CT molecular complexity index is 158. The van der Waals surface area contributed by atoms with Crippen molar-refractivity contribution in [2.24, 2.45) is 0 Å². The van der Waals surface area contributed by atoms with E-state index in [1.807, 2.05) is 6.92 Å². The summed E-state index contributed by atoms with van der Waals surface area (Å²) in [5, 5.41) is 0. The predicted molar refractivity (Wildman–Crippen MR) is 36.5 cm³/mol. The van der Waals surface area contributed by atoms with Crippen LogP contribution in [0.15, 0.2) is 12.2 Å². The van der Waals surface area contributed by atoms with Gasteiger partial charge in [0, 0.05) is 6.92 Å². The summed E-state index contributed by atoms with van der Waals surface area (Å²) in [6.45, 7) is 3.16. The van der Waals surface area contributed by atoms with Crippen molar-refractivity contribution in [3.63, 3.8) is 0 Å². The monoisotopic (exact) mass is 142 g/mol. The number of esters is 1. The molecule has 0 bridgehead atoms. The van der Waals surface area contributed by atoms with Crippen molar-refractivity contribution in [2.75, 3.05) is 6.61 Å². The highest BCUT2D eigenvalue weighted by molar-refractivity contribution is 6.32. The Kier molecular flexibility index (Phi) is 4.20. The van der Waals surface area contributed by atoms with Gasteiger partial charge in [-0.25, -0.2) is 4.79 Å². The second-order valence-corrected chi connectivity index (χ2v) is 1.72. The van der Waals surface area contributed by atoms with Gasteiger partial charge < -0.3 is 4.74 Å². The Morgan fingerprint density at radius 1 is 1.50 bits per heavy atom. The summed E-state index contributed by atoms with van der Waals surface area (Å²) in [6, 6.07) is 0. The number of rotatable bonds is 3. The zero-order chi connectivity index (χ0) is 7.98. The lowest BCUT2D eigenvalue weighted by molar-refractivity contribution is -0.151. The van der Waals surface area contributed by atoms with E-state index in [9.17, 15) is 9.59 Å². The van der Waals surface area contributed by atoms with Gasteiger partial charge in [0.15, 0.2) is 0 Å². The molecule has 0 heterocycles. The maximum Gasteiger partial charge on any atom is 0.374 e. The maximum atomic E-state index is 10.4. The molecule has 0 aromatic rings. The lowest BCUT2D eigenvalue weighted by Gasteiger charge is -1.94. The Morgan fingerprint density at radius 2 is 2.10 bits per heavy atom. The number of ketones is 1. The van der Waals surface area contributed by atoms with Gasteiger partial charge in [0.1, 0.15) is 6.61 Å². The lowest BCUT2D eigenvalue weighted by Crippen LogP contribution is -2.13. The minimum absolute atomic E-state index is 0.176. The molecule has 0 aromatic carbocycles. The smallest absolute Gasteiger partial charge is 0.374 e. The van der Waals surface area contributed by atoms with E-state index >= 15 is 0 Å². The van der Waals surface area contributed by atoms with Crippen LogP contribution in [0.5, 0.6) is 0 Å². The normalized spacial score (nSPS) is 9.80. The van der Waals surface area contributed by atoms with E-state index in [-0.39, 0.29) is 6.61 Å². The number of allylic oxidation sites excluding steroid dienone is 1. The standard InChI is InChI=1S/C7H10O3/c1-3-4-5-10-7(9)6(2)8/h3-4H,5H2,1-2H3. The molecule has 3 heteroatoms. The quantitative estimate of drug-likeness (QED) is 0.331. The van der Waals surface area contributed by atoms with Gasteiger partial charge in [0.2, 0.25) is 5.78 Å². The van der Waals surface area contributed by atoms with Crippen molar-refractivity contribution in [3.8, 4) is 0 Å². The van der Waals surface area contributed by atoms with Gasteiger partial charge in [0.25, 0.3) is 0 Å². The summed E-state index contributed by atoms with van der Waals surface area (Å²) in [6.07, 6.45) is 3.40. The first kappa shape index (κ1) is 8.88. The van der Waals surface area contributed by atoms with Gasteiger partial charge in [-0.05, 0) is 6.92 Å². The van der Waals surface area contributed by atoms with E-state index in [0.29, 0.717) is 0 Å². The molecule has 0 radical (unpaired) electrons. The van der Waals surface area contributed by atoms with E-state index < -0.39 is 11.8 Å². The highest BCUT2D eigenvalue weighted by Crippen LogP contribution is 1.81. The third kappa shape index (κ3) is 3.83. The van der Waals surface area contributed by atoms with Gasteiger partial charge in [-0.1, -0.05) is 12.2 Å². The van der Waals surface area contributed by atoms with Crippen LogP contribution in [-0.2, 0) is 14.3 Å². The van der Waals surface area contributed by atoms with E-state index in [1.54, 1.807) is 12.2 Å². The molecule has 0 amide bonds. The molecule has 56 valence electrons. The number of carbonyl (C=O) groups excluding carboxylic acids is 2. The fourth-order valence-electron chi connectivity index (χ4n) is 0.322. The van der Waals surface area contributed by atoms with Crippen LogP contribution < -0.4 is 0 Å².